The van der Waals surface area contributed by atoms with Crippen LogP contribution in [0.1, 0.15) is 53.9 Å². The molecule has 0 aliphatic carbocycles. The lowest BCUT2D eigenvalue weighted by Gasteiger charge is -2.39. The number of alkyl halides is 2. The summed E-state index contributed by atoms with van der Waals surface area (Å²) in [4.78, 5) is 29.8. The molecule has 3 aromatic carbocycles. The minimum Gasteiger partial charge on any atom is -0.497 e. The summed E-state index contributed by atoms with van der Waals surface area (Å²) >= 11 is 0. The average Bonchev–Trinajstić information content (AvgIpc) is 4.15. The Balaban J connectivity index is 1.11. The molecular formula is C47H51BF2N9O8P. The van der Waals surface area contributed by atoms with Crippen molar-refractivity contribution >= 4 is 37.7 Å². The van der Waals surface area contributed by atoms with Crippen molar-refractivity contribution in [1.29, 1.82) is 0 Å². The van der Waals surface area contributed by atoms with Gasteiger partial charge in [-0.1, -0.05) is 61.5 Å². The maximum absolute atomic E-state index is 18.1. The highest BCUT2D eigenvalue weighted by Gasteiger charge is 2.56. The van der Waals surface area contributed by atoms with Crippen molar-refractivity contribution in [2.24, 2.45) is 0 Å². The van der Waals surface area contributed by atoms with E-state index in [9.17, 15) is 0 Å². The molecule has 0 N–H and O–H groups in total. The van der Waals surface area contributed by atoms with Crippen LogP contribution >= 0.6 is 7.82 Å². The van der Waals surface area contributed by atoms with Crippen molar-refractivity contribution in [3.63, 3.8) is 0 Å². The van der Waals surface area contributed by atoms with Crippen LogP contribution in [0.2, 0.25) is 0 Å². The number of benzene rings is 3. The Morgan fingerprint density at radius 2 is 1.22 bits per heavy atom. The third-order valence-corrected chi connectivity index (χ3v) is 13.2. The first-order valence-corrected chi connectivity index (χ1v) is 22.7. The second kappa shape index (κ2) is 19.9. The molecule has 9 atom stereocenters. The van der Waals surface area contributed by atoms with Gasteiger partial charge in [0.2, 0.25) is 21.9 Å². The Morgan fingerprint density at radius 1 is 0.706 bits per heavy atom. The van der Waals surface area contributed by atoms with Gasteiger partial charge in [-0.3, -0.25) is 9.13 Å². The number of hydrogen-bond donors (Lipinski definition) is 0. The first kappa shape index (κ1) is 47.0. The number of methoxy groups -OCH3 is 2. The van der Waals surface area contributed by atoms with E-state index in [1.807, 2.05) is 85.8 Å². The van der Waals surface area contributed by atoms with Gasteiger partial charge >= 0.3 is 0 Å². The van der Waals surface area contributed by atoms with Gasteiger partial charge in [-0.25, -0.2) is 58.8 Å². The number of hydrogen-bond acceptors (Lipinski definition) is 14. The maximum Gasteiger partial charge on any atom is 0.242 e. The molecule has 21 heteroatoms. The van der Waals surface area contributed by atoms with Crippen LogP contribution in [0.5, 0.6) is 11.5 Å². The van der Waals surface area contributed by atoms with Crippen LogP contribution in [0.4, 0.5) is 8.78 Å². The molecule has 6 heterocycles. The summed E-state index contributed by atoms with van der Waals surface area (Å²) in [6, 6.07) is 24.4. The van der Waals surface area contributed by atoms with Gasteiger partial charge in [0, 0.05) is 0 Å². The number of ether oxygens (including phenoxy) is 5. The summed E-state index contributed by atoms with van der Waals surface area (Å²) in [5.41, 5.74) is 3.65. The van der Waals surface area contributed by atoms with Crippen LogP contribution in [0.15, 0.2) is 104 Å². The van der Waals surface area contributed by atoms with Gasteiger partial charge in [0.25, 0.3) is 0 Å². The van der Waals surface area contributed by atoms with E-state index in [1.165, 1.54) is 29.9 Å². The Labute approximate surface area is 392 Å². The summed E-state index contributed by atoms with van der Waals surface area (Å²) in [6.45, 7) is 12.7. The van der Waals surface area contributed by atoms with Crippen molar-refractivity contribution in [3.8, 4) is 11.5 Å². The number of fused-ring (bicyclic) bond motifs is 2. The average molecular weight is 950 g/mol. The SMILES string of the molecule is [BH3-][P+](OCC[N+]#[C-])(OC[C@H]1O[C@@H](n2cnc3c(C)ncnc32)[C@@H](F)C1OC(c1ccccc1)(c1ccc(OC)cc1)c1ccc(OC)cc1)OC1[C@@H](CC)O[C@@H](n2cnc3c(C)ncnc32)[C@H]1F. The van der Waals surface area contributed by atoms with Crippen LogP contribution in [0.3, 0.4) is 0 Å². The van der Waals surface area contributed by atoms with E-state index in [2.05, 4.69) is 34.7 Å². The van der Waals surface area contributed by atoms with Gasteiger partial charge in [-0.2, -0.15) is 0 Å². The first-order valence-electron chi connectivity index (χ1n) is 21.6. The zero-order valence-electron chi connectivity index (χ0n) is 37.3. The van der Waals surface area contributed by atoms with E-state index >= 15 is 8.78 Å². The number of halogens is 2. The summed E-state index contributed by atoms with van der Waals surface area (Å²) < 4.78 is 89.7. The highest BCUT2D eigenvalue weighted by molar-refractivity contribution is 7.85. The predicted molar refractivity (Wildman–Crippen MR) is 250 cm³/mol. The monoisotopic (exact) mass is 949 g/mol. The summed E-state index contributed by atoms with van der Waals surface area (Å²) in [7, 11) is -1.26. The fourth-order valence-electron chi connectivity index (χ4n) is 8.60. The molecule has 68 heavy (non-hydrogen) atoms. The molecule has 2 saturated heterocycles. The second-order valence-corrected chi connectivity index (χ2v) is 17.1. The quantitative estimate of drug-likeness (QED) is 0.0286. The number of aryl methyl sites for hydroxylation is 2. The van der Waals surface area contributed by atoms with E-state index in [1.54, 1.807) is 32.6 Å². The van der Waals surface area contributed by atoms with Crippen LogP contribution in [-0.4, -0.2) is 117 Å². The summed E-state index contributed by atoms with van der Waals surface area (Å²) in [6.07, 6.45) is -4.11. The molecule has 4 aromatic heterocycles. The lowest BCUT2D eigenvalue weighted by Crippen LogP contribution is -2.44. The molecule has 354 valence electrons. The number of imidazole rings is 2. The largest absolute Gasteiger partial charge is 0.497 e. The van der Waals surface area contributed by atoms with Crippen molar-refractivity contribution in [3.05, 3.63) is 144 Å². The molecule has 2 aliphatic rings. The predicted octanol–water partition coefficient (Wildman–Crippen LogP) is 6.94. The molecular weight excluding hydrogens is 898 g/mol. The van der Waals surface area contributed by atoms with Gasteiger partial charge in [-0.15, -0.1) is 0 Å². The number of rotatable bonds is 18. The lowest BCUT2D eigenvalue weighted by atomic mass is 9.79. The van der Waals surface area contributed by atoms with Crippen LogP contribution in [0.25, 0.3) is 27.2 Å². The van der Waals surface area contributed by atoms with Crippen molar-refractivity contribution in [2.75, 3.05) is 34.0 Å². The van der Waals surface area contributed by atoms with Gasteiger partial charge in [0.1, 0.15) is 59.6 Å². The number of aromatic nitrogens is 8. The van der Waals surface area contributed by atoms with Crippen molar-refractivity contribution in [1.82, 2.24) is 39.0 Å². The zero-order chi connectivity index (χ0) is 47.6. The van der Waals surface area contributed by atoms with Crippen LogP contribution in [0, 0.1) is 20.4 Å². The van der Waals surface area contributed by atoms with Crippen LogP contribution in [-0.2, 0) is 33.4 Å². The Bertz CT molecular complexity index is 2830. The minimum atomic E-state index is -3.35. The third-order valence-electron chi connectivity index (χ3n) is 12.0. The van der Waals surface area contributed by atoms with Crippen molar-refractivity contribution in [2.45, 2.75) is 82.0 Å². The molecule has 2 fully saturated rings. The smallest absolute Gasteiger partial charge is 0.242 e. The van der Waals surface area contributed by atoms with E-state index in [0.29, 0.717) is 68.3 Å². The van der Waals surface area contributed by atoms with Crippen LogP contribution < -0.4 is 9.47 Å². The first-order chi connectivity index (χ1) is 33.0. The summed E-state index contributed by atoms with van der Waals surface area (Å²) in [5.74, 6) is 1.23. The maximum atomic E-state index is 18.1. The van der Waals surface area contributed by atoms with E-state index in [4.69, 9.17) is 43.8 Å². The second-order valence-electron chi connectivity index (χ2n) is 15.9. The topological polar surface area (TPSA) is 165 Å². The van der Waals surface area contributed by atoms with E-state index in [0.717, 1.165) is 0 Å². The molecule has 7 aromatic rings. The van der Waals surface area contributed by atoms with Gasteiger partial charge < -0.3 is 28.5 Å². The van der Waals surface area contributed by atoms with Gasteiger partial charge in [0.05, 0.1) is 44.4 Å². The molecule has 2 aliphatic heterocycles. The molecule has 0 amide bonds. The van der Waals surface area contributed by atoms with Gasteiger partial charge in [-0.05, 0) is 61.2 Å². The summed E-state index contributed by atoms with van der Waals surface area (Å²) in [5, 5.41) is 0. The normalized spacial score (nSPS) is 23.8. The molecule has 9 rings (SSSR count). The molecule has 0 radical (unpaired) electrons. The van der Waals surface area contributed by atoms with Crippen molar-refractivity contribution < 1.29 is 46.0 Å². The Kier molecular flexibility index (Phi) is 13.8. The third kappa shape index (κ3) is 8.80. The molecule has 3 unspecified atom stereocenters. The molecule has 0 spiro atoms. The highest BCUT2D eigenvalue weighted by atomic mass is 31.2. The van der Waals surface area contributed by atoms with Gasteiger partial charge in [0.15, 0.2) is 48.8 Å². The fourth-order valence-corrected chi connectivity index (χ4v) is 9.75. The molecule has 0 saturated carbocycles. The fraction of sp³-hybridized carbons (Fsp3) is 0.383. The zero-order valence-corrected chi connectivity index (χ0v) is 38.2. The Hall–Kier alpha value is -6.04. The van der Waals surface area contributed by atoms with E-state index in [-0.39, 0.29) is 19.8 Å². The number of nitrogens with zero attached hydrogens (tertiary/aromatic N) is 9. The highest BCUT2D eigenvalue weighted by Crippen LogP contribution is 2.61. The Morgan fingerprint density at radius 3 is 1.74 bits per heavy atom. The minimum absolute atomic E-state index is 0.0132. The molecule has 17 nitrogen and oxygen atoms in total. The standard InChI is InChI=1S/C47H51BF2N9O8P/c1-7-35-42(38(50)46(64-35)59-27-57-40-29(3)53-25-55-44(40)59)67-68(48,62-22-21-51-4)63-23-36-41(37(49)45(65-36)58-26-56-39-28(2)52-24-54-43(39)58)66-47(30-11-9-8-10-12-30,31-13-17-33(60-5)18-14-31)32-15-19-34(61-6)20-16-32/h8-20,24-27,35-38,41-42,45-46H,7,21-23H2,1-3,5-6,48H3/t35-,36-,37+,38+,41?,42?,45-,46-,68?/m1/s1. The molecule has 0 bridgehead atoms. The van der Waals surface area contributed by atoms with E-state index < -0.39 is 70.2 Å². The lowest BCUT2D eigenvalue weighted by molar-refractivity contribution is -0.104.